The van der Waals surface area contributed by atoms with Gasteiger partial charge in [-0.05, 0) is 48.7 Å². The zero-order valence-corrected chi connectivity index (χ0v) is 19.6. The van der Waals surface area contributed by atoms with Gasteiger partial charge in [-0.25, -0.2) is 4.39 Å². The third-order valence-corrected chi connectivity index (χ3v) is 6.25. The second-order valence-corrected chi connectivity index (χ2v) is 8.72. The molecule has 0 radical (unpaired) electrons. The van der Waals surface area contributed by atoms with Crippen molar-refractivity contribution >= 4 is 29.1 Å². The van der Waals surface area contributed by atoms with Crippen LogP contribution in [0, 0.1) is 11.7 Å². The minimum atomic E-state index is -0.780. The number of benzene rings is 2. The molecule has 0 spiro atoms. The Morgan fingerprint density at radius 3 is 2.52 bits per heavy atom. The van der Waals surface area contributed by atoms with E-state index in [0.717, 1.165) is 37.1 Å². The van der Waals surface area contributed by atoms with Gasteiger partial charge in [-0.2, -0.15) is 0 Å². The van der Waals surface area contributed by atoms with Gasteiger partial charge in [-0.3, -0.25) is 9.59 Å². The first kappa shape index (κ1) is 24.8. The number of carbonyl (C=O) groups is 2. The lowest BCUT2D eigenvalue weighted by Gasteiger charge is -2.26. The maximum Gasteiger partial charge on any atom is 0.254 e. The molecule has 3 N–H and O–H groups in total. The summed E-state index contributed by atoms with van der Waals surface area (Å²) in [7, 11) is 1.61. The predicted molar refractivity (Wildman–Crippen MR) is 128 cm³/mol. The number of carbonyl (C=O) groups excluding carboxylic acids is 2. The van der Waals surface area contributed by atoms with Crippen LogP contribution >= 0.6 is 11.6 Å². The summed E-state index contributed by atoms with van der Waals surface area (Å²) in [5.74, 6) is -0.560. The molecule has 1 aliphatic carbocycles. The Kier molecular flexibility index (Phi) is 9.36. The van der Waals surface area contributed by atoms with Crippen molar-refractivity contribution in [3.05, 3.63) is 58.9 Å². The minimum absolute atomic E-state index is 0.125. The van der Waals surface area contributed by atoms with E-state index in [-0.39, 0.29) is 16.5 Å². The molecule has 1 fully saturated rings. The van der Waals surface area contributed by atoms with Gasteiger partial charge in [-0.1, -0.05) is 49.8 Å². The molecule has 33 heavy (non-hydrogen) atoms. The van der Waals surface area contributed by atoms with Crippen LogP contribution < -0.4 is 20.7 Å². The number of methoxy groups -OCH3 is 1. The molecule has 178 valence electrons. The molecule has 0 unspecified atom stereocenters. The molecule has 6 nitrogen and oxygen atoms in total. The highest BCUT2D eigenvalue weighted by molar-refractivity contribution is 6.31. The Labute approximate surface area is 199 Å². The lowest BCUT2D eigenvalue weighted by Crippen LogP contribution is -2.48. The molecule has 0 bridgehead atoms. The molecular weight excluding hydrogens is 445 g/mol. The van der Waals surface area contributed by atoms with E-state index in [2.05, 4.69) is 16.0 Å². The molecule has 1 saturated carbocycles. The summed E-state index contributed by atoms with van der Waals surface area (Å²) in [5, 5.41) is 8.73. The summed E-state index contributed by atoms with van der Waals surface area (Å²) in [6.45, 7) is 0.901. The zero-order valence-electron chi connectivity index (χ0n) is 18.8. The van der Waals surface area contributed by atoms with Gasteiger partial charge in [-0.15, -0.1) is 0 Å². The number of ether oxygens (including phenoxy) is 1. The number of anilines is 1. The fourth-order valence-electron chi connectivity index (χ4n) is 4.13. The average Bonchev–Trinajstić information content (AvgIpc) is 2.84. The normalized spacial score (nSPS) is 14.9. The van der Waals surface area contributed by atoms with Crippen LogP contribution in [0.15, 0.2) is 42.5 Å². The van der Waals surface area contributed by atoms with Crippen LogP contribution in [-0.4, -0.2) is 38.1 Å². The van der Waals surface area contributed by atoms with Gasteiger partial charge in [0, 0.05) is 18.8 Å². The summed E-state index contributed by atoms with van der Waals surface area (Å²) >= 11 is 5.82. The highest BCUT2D eigenvalue weighted by Gasteiger charge is 2.27. The van der Waals surface area contributed by atoms with E-state index < -0.39 is 17.8 Å². The van der Waals surface area contributed by atoms with E-state index in [1.54, 1.807) is 7.11 Å². The summed E-state index contributed by atoms with van der Waals surface area (Å²) in [5.41, 5.74) is 0.749. The first-order valence-electron chi connectivity index (χ1n) is 11.4. The molecule has 0 saturated heterocycles. The number of hydrogen-bond donors (Lipinski definition) is 3. The van der Waals surface area contributed by atoms with Crippen molar-refractivity contribution in [2.75, 3.05) is 25.5 Å². The maximum absolute atomic E-state index is 14.3. The van der Waals surface area contributed by atoms with E-state index in [9.17, 15) is 14.0 Å². The highest BCUT2D eigenvalue weighted by atomic mass is 35.5. The fourth-order valence-corrected chi connectivity index (χ4v) is 4.30. The van der Waals surface area contributed by atoms with Gasteiger partial charge in [0.15, 0.2) is 5.82 Å². The van der Waals surface area contributed by atoms with Crippen LogP contribution in [0.2, 0.25) is 5.02 Å². The molecule has 8 heteroatoms. The summed E-state index contributed by atoms with van der Waals surface area (Å²) in [6.07, 6.45) is 6.05. The minimum Gasteiger partial charge on any atom is -0.497 e. The Balaban J connectivity index is 1.57. The Hall–Kier alpha value is -2.80. The second kappa shape index (κ2) is 12.4. The molecular formula is C25H31ClFN3O3. The number of rotatable bonds is 10. The van der Waals surface area contributed by atoms with Crippen molar-refractivity contribution in [1.29, 1.82) is 0 Å². The molecule has 2 aromatic rings. The lowest BCUT2D eigenvalue weighted by atomic mass is 9.84. The predicted octanol–water partition coefficient (Wildman–Crippen LogP) is 4.78. The van der Waals surface area contributed by atoms with Gasteiger partial charge in [0.25, 0.3) is 5.91 Å². The van der Waals surface area contributed by atoms with Crippen molar-refractivity contribution in [1.82, 2.24) is 10.6 Å². The van der Waals surface area contributed by atoms with Crippen LogP contribution in [0.4, 0.5) is 10.1 Å². The summed E-state index contributed by atoms with van der Waals surface area (Å²) in [4.78, 5) is 25.7. The first-order chi connectivity index (χ1) is 16.0. The van der Waals surface area contributed by atoms with Gasteiger partial charge < -0.3 is 20.7 Å². The maximum atomic E-state index is 14.3. The largest absolute Gasteiger partial charge is 0.497 e. The van der Waals surface area contributed by atoms with Crippen molar-refractivity contribution in [3.63, 3.8) is 0 Å². The fraction of sp³-hybridized carbons (Fsp3) is 0.440. The number of hydrogen-bond acceptors (Lipinski definition) is 4. The van der Waals surface area contributed by atoms with Gasteiger partial charge in [0.05, 0.1) is 17.7 Å². The van der Waals surface area contributed by atoms with E-state index in [4.69, 9.17) is 16.3 Å². The van der Waals surface area contributed by atoms with Gasteiger partial charge in [0.2, 0.25) is 5.91 Å². The molecule has 0 aromatic heterocycles. The van der Waals surface area contributed by atoms with Crippen LogP contribution in [0.1, 0.15) is 48.9 Å². The third kappa shape index (κ3) is 7.35. The standard InChI is InChI=1S/C25H31ClFN3O3/c1-33-19-12-10-18(11-13-19)28-14-15-29-25(32)22(16-17-6-3-2-4-7-17)30-24(31)20-8-5-9-21(26)23(20)27/h5,8-13,17,22,28H,2-4,6-7,14-16H2,1H3,(H,29,32)(H,30,31)/t22-/m0/s1. The van der Waals surface area contributed by atoms with Gasteiger partial charge in [0.1, 0.15) is 11.8 Å². The molecule has 2 aromatic carbocycles. The Bertz CT molecular complexity index is 933. The second-order valence-electron chi connectivity index (χ2n) is 8.31. The van der Waals surface area contributed by atoms with E-state index >= 15 is 0 Å². The van der Waals surface area contributed by atoms with E-state index in [0.29, 0.717) is 25.4 Å². The van der Waals surface area contributed by atoms with Crippen molar-refractivity contribution in [3.8, 4) is 5.75 Å². The molecule has 2 amide bonds. The van der Waals surface area contributed by atoms with Crippen LogP contribution in [0.5, 0.6) is 5.75 Å². The topological polar surface area (TPSA) is 79.5 Å². The van der Waals surface area contributed by atoms with E-state index in [1.807, 2.05) is 24.3 Å². The molecule has 1 atom stereocenters. The monoisotopic (exact) mass is 475 g/mol. The third-order valence-electron chi connectivity index (χ3n) is 5.96. The lowest BCUT2D eigenvalue weighted by molar-refractivity contribution is -0.123. The van der Waals surface area contributed by atoms with Crippen molar-refractivity contribution < 1.29 is 18.7 Å². The van der Waals surface area contributed by atoms with Crippen molar-refractivity contribution in [2.24, 2.45) is 5.92 Å². The smallest absolute Gasteiger partial charge is 0.254 e. The number of nitrogens with one attached hydrogen (secondary N) is 3. The molecule has 0 aliphatic heterocycles. The van der Waals surface area contributed by atoms with Crippen LogP contribution in [0.25, 0.3) is 0 Å². The average molecular weight is 476 g/mol. The van der Waals surface area contributed by atoms with Crippen LogP contribution in [-0.2, 0) is 4.79 Å². The zero-order chi connectivity index (χ0) is 23.6. The molecule has 0 heterocycles. The van der Waals surface area contributed by atoms with Crippen LogP contribution in [0.3, 0.4) is 0 Å². The van der Waals surface area contributed by atoms with E-state index in [1.165, 1.54) is 24.6 Å². The van der Waals surface area contributed by atoms with Crippen molar-refractivity contribution in [2.45, 2.75) is 44.6 Å². The highest BCUT2D eigenvalue weighted by Crippen LogP contribution is 2.27. The summed E-state index contributed by atoms with van der Waals surface area (Å²) in [6, 6.07) is 11.0. The molecule has 1 aliphatic rings. The Morgan fingerprint density at radius 1 is 1.09 bits per heavy atom. The quantitative estimate of drug-likeness (QED) is 0.432. The first-order valence-corrected chi connectivity index (χ1v) is 11.8. The number of amides is 2. The SMILES string of the molecule is COc1ccc(NCCNC(=O)[C@H](CC2CCCCC2)NC(=O)c2cccc(Cl)c2F)cc1. The van der Waals surface area contributed by atoms with Gasteiger partial charge >= 0.3 is 0 Å². The number of halogens is 2. The molecule has 3 rings (SSSR count). The summed E-state index contributed by atoms with van der Waals surface area (Å²) < 4.78 is 19.5. The Morgan fingerprint density at radius 2 is 1.82 bits per heavy atom.